The van der Waals surface area contributed by atoms with Crippen LogP contribution >= 0.6 is 0 Å². The van der Waals surface area contributed by atoms with Crippen LogP contribution in [0.25, 0.3) is 0 Å². The topological polar surface area (TPSA) is 77.0 Å². The molecule has 0 amide bonds. The number of para-hydroxylation sites is 2. The Morgan fingerprint density at radius 1 is 0.571 bits per heavy atom. The zero-order valence-corrected chi connectivity index (χ0v) is 17.7. The average molecular weight is 482 g/mol. The molecule has 4 nitrogen and oxygen atoms in total. The van der Waals surface area contributed by atoms with E-state index in [0.717, 1.165) is 12.1 Å². The number of phenols is 1. The predicted molar refractivity (Wildman–Crippen MR) is 117 cm³/mol. The lowest BCUT2D eigenvalue weighted by Crippen LogP contribution is -1.92. The maximum Gasteiger partial charge on any atom is 0.167 e. The third-order valence-corrected chi connectivity index (χ3v) is 4.00. The number of hydrogen-bond donors (Lipinski definition) is 1. The van der Waals surface area contributed by atoms with Crippen molar-refractivity contribution < 1.29 is 31.8 Å². The lowest BCUT2D eigenvalue weighted by molar-refractivity contribution is 0.436. The Balaban J connectivity index is 0.000000205. The van der Waals surface area contributed by atoms with Crippen molar-refractivity contribution in [1.82, 2.24) is 0 Å². The number of ether oxygens (including phenoxy) is 1. The summed E-state index contributed by atoms with van der Waals surface area (Å²) >= 11 is 0. The van der Waals surface area contributed by atoms with Crippen LogP contribution < -0.4 is 4.74 Å². The second-order valence-electron chi connectivity index (χ2n) is 6.48. The van der Waals surface area contributed by atoms with E-state index in [4.69, 9.17) is 20.4 Å². The van der Waals surface area contributed by atoms with Gasteiger partial charge in [0.1, 0.15) is 35.3 Å². The van der Waals surface area contributed by atoms with Gasteiger partial charge in [-0.3, -0.25) is 0 Å². The minimum Gasteiger partial charge on any atom is -0.508 e. The molecule has 4 aromatic rings. The monoisotopic (exact) mass is 482 g/mol. The first kappa shape index (κ1) is 26.4. The summed E-state index contributed by atoms with van der Waals surface area (Å²) in [5.74, 6) is -4.66. The van der Waals surface area contributed by atoms with E-state index in [1.54, 1.807) is 60.7 Å². The molecule has 0 aliphatic heterocycles. The summed E-state index contributed by atoms with van der Waals surface area (Å²) in [5.41, 5.74) is -0.841. The number of rotatable bonds is 2. The molecule has 0 aromatic heterocycles. The van der Waals surface area contributed by atoms with Crippen molar-refractivity contribution in [3.05, 3.63) is 125 Å². The van der Waals surface area contributed by atoms with E-state index in [0.29, 0.717) is 23.6 Å². The van der Waals surface area contributed by atoms with Gasteiger partial charge in [0.25, 0.3) is 0 Å². The summed E-state index contributed by atoms with van der Waals surface area (Å²) in [4.78, 5) is 0. The zero-order valence-electron chi connectivity index (χ0n) is 17.7. The number of phenolic OH excluding ortho intramolecular Hbond substituents is 1. The SMILES string of the molecule is N#Cc1cc(F)c(F)cc1F.N#Cc1cc(F)c(Oc2ccccc2)cc1F.Oc1ccccc1. The van der Waals surface area contributed by atoms with Gasteiger partial charge in [-0.25, -0.2) is 22.0 Å². The molecule has 176 valence electrons. The molecular formula is C26H15F5N2O2. The fourth-order valence-electron chi connectivity index (χ4n) is 2.34. The molecular weight excluding hydrogens is 467 g/mol. The Morgan fingerprint density at radius 2 is 1.03 bits per heavy atom. The molecule has 9 heteroatoms. The van der Waals surface area contributed by atoms with E-state index in [2.05, 4.69) is 0 Å². The zero-order chi connectivity index (χ0) is 25.8. The number of aromatic hydroxyl groups is 1. The number of hydrogen-bond acceptors (Lipinski definition) is 4. The van der Waals surface area contributed by atoms with Gasteiger partial charge in [0, 0.05) is 12.1 Å². The first-order valence-electron chi connectivity index (χ1n) is 9.65. The Hall–Kier alpha value is -4.89. The van der Waals surface area contributed by atoms with Gasteiger partial charge in [0.15, 0.2) is 23.2 Å². The molecule has 0 atom stereocenters. The van der Waals surface area contributed by atoms with Crippen LogP contribution in [0.15, 0.2) is 84.9 Å². The standard InChI is InChI=1S/C13H7F2NO.C7H2F3N.C6H6O/c14-11-7-13(12(15)6-9(11)8-16)17-10-4-2-1-3-5-10;8-5-2-7(10)6(9)1-4(5)3-11;7-6-4-2-1-3-5-6/h1-7H;1-2H;1-5,7H. The lowest BCUT2D eigenvalue weighted by atomic mass is 10.2. The second kappa shape index (κ2) is 13.0. The first-order chi connectivity index (χ1) is 16.7. The van der Waals surface area contributed by atoms with Crippen LogP contribution in [0.2, 0.25) is 0 Å². The summed E-state index contributed by atoms with van der Waals surface area (Å²) in [6, 6.07) is 22.6. The molecule has 0 aliphatic carbocycles. The molecule has 0 aliphatic rings. The molecule has 0 spiro atoms. The molecule has 0 radical (unpaired) electrons. The van der Waals surface area contributed by atoms with E-state index >= 15 is 0 Å². The van der Waals surface area contributed by atoms with Gasteiger partial charge < -0.3 is 9.84 Å². The highest BCUT2D eigenvalue weighted by Crippen LogP contribution is 2.26. The summed E-state index contributed by atoms with van der Waals surface area (Å²) in [7, 11) is 0. The Bertz CT molecular complexity index is 1350. The summed E-state index contributed by atoms with van der Waals surface area (Å²) in [5, 5.41) is 25.3. The molecule has 0 saturated heterocycles. The summed E-state index contributed by atoms with van der Waals surface area (Å²) in [6.45, 7) is 0. The van der Waals surface area contributed by atoms with E-state index in [1.165, 1.54) is 6.07 Å². The van der Waals surface area contributed by atoms with Gasteiger partial charge in [-0.1, -0.05) is 36.4 Å². The summed E-state index contributed by atoms with van der Waals surface area (Å²) < 4.78 is 68.7. The van der Waals surface area contributed by atoms with Crippen LogP contribution in [-0.2, 0) is 0 Å². The van der Waals surface area contributed by atoms with Crippen molar-refractivity contribution in [2.75, 3.05) is 0 Å². The van der Waals surface area contributed by atoms with Crippen molar-refractivity contribution >= 4 is 0 Å². The van der Waals surface area contributed by atoms with Gasteiger partial charge in [-0.15, -0.1) is 0 Å². The Morgan fingerprint density at radius 3 is 1.51 bits per heavy atom. The molecule has 0 saturated carbocycles. The minimum atomic E-state index is -1.29. The third kappa shape index (κ3) is 8.19. The number of benzene rings is 4. The van der Waals surface area contributed by atoms with Gasteiger partial charge in [0.2, 0.25) is 0 Å². The van der Waals surface area contributed by atoms with E-state index in [1.807, 2.05) is 6.07 Å². The quantitative estimate of drug-likeness (QED) is 0.247. The normalized spacial score (nSPS) is 9.34. The highest BCUT2D eigenvalue weighted by Gasteiger charge is 2.11. The fourth-order valence-corrected chi connectivity index (χ4v) is 2.34. The van der Waals surface area contributed by atoms with Crippen molar-refractivity contribution in [3.63, 3.8) is 0 Å². The number of nitriles is 2. The van der Waals surface area contributed by atoms with E-state index in [9.17, 15) is 22.0 Å². The Kier molecular flexibility index (Phi) is 9.77. The lowest BCUT2D eigenvalue weighted by Gasteiger charge is -2.07. The van der Waals surface area contributed by atoms with Gasteiger partial charge in [0.05, 0.1) is 11.1 Å². The fraction of sp³-hybridized carbons (Fsp3) is 0. The van der Waals surface area contributed by atoms with E-state index < -0.39 is 34.6 Å². The van der Waals surface area contributed by atoms with Crippen molar-refractivity contribution in [2.24, 2.45) is 0 Å². The van der Waals surface area contributed by atoms with Crippen LogP contribution in [0.3, 0.4) is 0 Å². The molecule has 0 fully saturated rings. The molecule has 4 rings (SSSR count). The number of nitrogens with zero attached hydrogens (tertiary/aromatic N) is 2. The first-order valence-corrected chi connectivity index (χ1v) is 9.65. The van der Waals surface area contributed by atoms with Gasteiger partial charge in [-0.2, -0.15) is 10.5 Å². The van der Waals surface area contributed by atoms with E-state index in [-0.39, 0.29) is 11.3 Å². The molecule has 0 bridgehead atoms. The molecule has 1 N–H and O–H groups in total. The molecule has 0 heterocycles. The number of halogens is 5. The largest absolute Gasteiger partial charge is 0.508 e. The van der Waals surface area contributed by atoms with Crippen molar-refractivity contribution in [3.8, 4) is 29.4 Å². The van der Waals surface area contributed by atoms with Crippen LogP contribution in [0, 0.1) is 51.7 Å². The minimum absolute atomic E-state index is 0.243. The highest BCUT2D eigenvalue weighted by molar-refractivity contribution is 5.39. The van der Waals surface area contributed by atoms with Crippen LogP contribution in [0.5, 0.6) is 17.2 Å². The Labute approximate surface area is 197 Å². The van der Waals surface area contributed by atoms with Crippen LogP contribution in [0.4, 0.5) is 22.0 Å². The maximum absolute atomic E-state index is 13.5. The van der Waals surface area contributed by atoms with Crippen LogP contribution in [-0.4, -0.2) is 5.11 Å². The highest BCUT2D eigenvalue weighted by atomic mass is 19.2. The predicted octanol–water partition coefficient (Wildman–Crippen LogP) is 7.00. The molecule has 4 aromatic carbocycles. The van der Waals surface area contributed by atoms with Crippen molar-refractivity contribution in [1.29, 1.82) is 10.5 Å². The van der Waals surface area contributed by atoms with Gasteiger partial charge >= 0.3 is 0 Å². The maximum atomic E-state index is 13.5. The molecule has 0 unspecified atom stereocenters. The second-order valence-corrected chi connectivity index (χ2v) is 6.48. The summed E-state index contributed by atoms with van der Waals surface area (Å²) in [6.07, 6.45) is 0. The molecule has 35 heavy (non-hydrogen) atoms. The van der Waals surface area contributed by atoms with Gasteiger partial charge in [-0.05, 0) is 36.4 Å². The van der Waals surface area contributed by atoms with Crippen LogP contribution in [0.1, 0.15) is 11.1 Å². The van der Waals surface area contributed by atoms with Crippen molar-refractivity contribution in [2.45, 2.75) is 0 Å². The average Bonchev–Trinajstić information content (AvgIpc) is 2.85. The smallest absolute Gasteiger partial charge is 0.167 e. The third-order valence-electron chi connectivity index (χ3n) is 4.00.